The van der Waals surface area contributed by atoms with E-state index >= 15 is 0 Å². The SMILES string of the molecule is O=C(Cc1csc(-c2ccccc2)n1)OCc1noc(-c2ccsc2)n1. The summed E-state index contributed by atoms with van der Waals surface area (Å²) in [7, 11) is 0. The van der Waals surface area contributed by atoms with Crippen LogP contribution in [0.2, 0.25) is 0 Å². The molecular weight excluding hydrogens is 370 g/mol. The Kier molecular flexibility index (Phi) is 4.85. The summed E-state index contributed by atoms with van der Waals surface area (Å²) in [6, 6.07) is 11.7. The number of aromatic nitrogens is 3. The monoisotopic (exact) mass is 383 g/mol. The van der Waals surface area contributed by atoms with Crippen LogP contribution >= 0.6 is 22.7 Å². The Labute approximate surface area is 157 Å². The minimum atomic E-state index is -0.378. The van der Waals surface area contributed by atoms with Crippen molar-refractivity contribution in [3.8, 4) is 22.0 Å². The summed E-state index contributed by atoms with van der Waals surface area (Å²) in [4.78, 5) is 20.7. The van der Waals surface area contributed by atoms with Gasteiger partial charge in [-0.15, -0.1) is 11.3 Å². The summed E-state index contributed by atoms with van der Waals surface area (Å²) >= 11 is 3.05. The fourth-order valence-electron chi connectivity index (χ4n) is 2.26. The smallest absolute Gasteiger partial charge is 0.312 e. The topological polar surface area (TPSA) is 78.1 Å². The average molecular weight is 383 g/mol. The Balaban J connectivity index is 1.33. The van der Waals surface area contributed by atoms with E-state index in [4.69, 9.17) is 9.26 Å². The molecule has 0 saturated heterocycles. The van der Waals surface area contributed by atoms with Gasteiger partial charge in [0, 0.05) is 16.3 Å². The van der Waals surface area contributed by atoms with Gasteiger partial charge in [0.05, 0.1) is 17.7 Å². The van der Waals surface area contributed by atoms with Gasteiger partial charge in [0.1, 0.15) is 5.01 Å². The molecule has 4 aromatic rings. The van der Waals surface area contributed by atoms with Gasteiger partial charge in [-0.05, 0) is 11.4 Å². The number of esters is 1. The molecule has 3 heterocycles. The third-order valence-electron chi connectivity index (χ3n) is 3.50. The zero-order valence-electron chi connectivity index (χ0n) is 13.5. The normalized spacial score (nSPS) is 10.8. The minimum Gasteiger partial charge on any atom is -0.457 e. The number of rotatable bonds is 6. The molecule has 0 N–H and O–H groups in total. The van der Waals surface area contributed by atoms with Crippen molar-refractivity contribution in [1.82, 2.24) is 15.1 Å². The van der Waals surface area contributed by atoms with Gasteiger partial charge in [-0.3, -0.25) is 4.79 Å². The summed E-state index contributed by atoms with van der Waals surface area (Å²) in [5, 5.41) is 10.4. The molecule has 1 aromatic carbocycles. The molecule has 0 aliphatic carbocycles. The van der Waals surface area contributed by atoms with Crippen molar-refractivity contribution in [2.75, 3.05) is 0 Å². The number of nitrogens with zero attached hydrogens (tertiary/aromatic N) is 3. The van der Waals surface area contributed by atoms with Crippen LogP contribution in [0.1, 0.15) is 11.5 Å². The van der Waals surface area contributed by atoms with Crippen LogP contribution < -0.4 is 0 Å². The minimum absolute atomic E-state index is 0.0256. The second-order valence-corrected chi connectivity index (χ2v) is 7.01. The second-order valence-electron chi connectivity index (χ2n) is 5.38. The highest BCUT2D eigenvalue weighted by Gasteiger charge is 2.13. The average Bonchev–Trinajstić information content (AvgIpc) is 3.41. The fraction of sp³-hybridized carbons (Fsp3) is 0.111. The summed E-state index contributed by atoms with van der Waals surface area (Å²) in [5.41, 5.74) is 2.58. The summed E-state index contributed by atoms with van der Waals surface area (Å²) in [6.45, 7) is -0.0256. The molecule has 0 aliphatic rings. The lowest BCUT2D eigenvalue weighted by Crippen LogP contribution is -2.09. The van der Waals surface area contributed by atoms with E-state index in [-0.39, 0.29) is 19.0 Å². The molecular formula is C18H13N3O3S2. The molecule has 0 saturated carbocycles. The highest BCUT2D eigenvalue weighted by molar-refractivity contribution is 7.13. The number of hydrogen-bond acceptors (Lipinski definition) is 8. The molecule has 3 aromatic heterocycles. The molecule has 0 bridgehead atoms. The zero-order valence-corrected chi connectivity index (χ0v) is 15.1. The van der Waals surface area contributed by atoms with Gasteiger partial charge in [-0.25, -0.2) is 4.98 Å². The molecule has 130 valence electrons. The predicted molar refractivity (Wildman–Crippen MR) is 98.7 cm³/mol. The molecule has 0 aliphatic heterocycles. The van der Waals surface area contributed by atoms with Gasteiger partial charge >= 0.3 is 5.97 Å². The Bertz CT molecular complexity index is 994. The molecule has 0 atom stereocenters. The molecule has 0 radical (unpaired) electrons. The van der Waals surface area contributed by atoms with E-state index < -0.39 is 0 Å². The maximum atomic E-state index is 12.0. The van der Waals surface area contributed by atoms with E-state index in [0.29, 0.717) is 17.4 Å². The Hall–Kier alpha value is -2.84. The molecule has 0 spiro atoms. The van der Waals surface area contributed by atoms with Crippen molar-refractivity contribution in [3.63, 3.8) is 0 Å². The van der Waals surface area contributed by atoms with Crippen LogP contribution in [-0.2, 0) is 22.6 Å². The third kappa shape index (κ3) is 3.87. The first-order valence-corrected chi connectivity index (χ1v) is 9.61. The molecule has 0 fully saturated rings. The van der Waals surface area contributed by atoms with Gasteiger partial charge in [0.2, 0.25) is 5.82 Å². The zero-order chi connectivity index (χ0) is 17.8. The lowest BCUT2D eigenvalue weighted by Gasteiger charge is -1.99. The van der Waals surface area contributed by atoms with E-state index in [1.54, 1.807) is 11.3 Å². The Morgan fingerprint density at radius 2 is 1.96 bits per heavy atom. The highest BCUT2D eigenvalue weighted by atomic mass is 32.1. The van der Waals surface area contributed by atoms with Crippen LogP contribution in [0, 0.1) is 0 Å². The van der Waals surface area contributed by atoms with Crippen molar-refractivity contribution in [3.05, 3.63) is 64.1 Å². The van der Waals surface area contributed by atoms with Gasteiger partial charge in [0.25, 0.3) is 5.89 Å². The van der Waals surface area contributed by atoms with Crippen LogP contribution in [0.15, 0.2) is 57.1 Å². The molecule has 0 amide bonds. The van der Waals surface area contributed by atoms with Crippen LogP contribution in [0.5, 0.6) is 0 Å². The van der Waals surface area contributed by atoms with Crippen LogP contribution in [0.25, 0.3) is 22.0 Å². The van der Waals surface area contributed by atoms with E-state index in [1.807, 2.05) is 52.5 Å². The van der Waals surface area contributed by atoms with E-state index in [2.05, 4.69) is 15.1 Å². The molecule has 0 unspecified atom stereocenters. The molecule has 26 heavy (non-hydrogen) atoms. The Morgan fingerprint density at radius 3 is 2.77 bits per heavy atom. The first kappa shape index (κ1) is 16.6. The summed E-state index contributed by atoms with van der Waals surface area (Å²) in [5.74, 6) is 0.379. The lowest BCUT2D eigenvalue weighted by atomic mass is 10.2. The van der Waals surface area contributed by atoms with E-state index in [0.717, 1.165) is 16.1 Å². The van der Waals surface area contributed by atoms with Gasteiger partial charge in [0.15, 0.2) is 6.61 Å². The standard InChI is InChI=1S/C18H13N3O3S2/c22-16(8-14-11-26-18(19-14)12-4-2-1-3-5-12)23-9-15-20-17(24-21-15)13-6-7-25-10-13/h1-7,10-11H,8-9H2. The van der Waals surface area contributed by atoms with Gasteiger partial charge in [-0.2, -0.15) is 16.3 Å². The first-order chi connectivity index (χ1) is 12.8. The number of hydrogen-bond donors (Lipinski definition) is 0. The number of carbonyl (C=O) groups excluding carboxylic acids is 1. The Morgan fingerprint density at radius 1 is 1.08 bits per heavy atom. The quantitative estimate of drug-likeness (QED) is 0.464. The second kappa shape index (κ2) is 7.59. The van der Waals surface area contributed by atoms with Crippen molar-refractivity contribution in [2.45, 2.75) is 13.0 Å². The van der Waals surface area contributed by atoms with Gasteiger partial charge in [-0.1, -0.05) is 35.5 Å². The van der Waals surface area contributed by atoms with Crippen LogP contribution in [0.4, 0.5) is 0 Å². The van der Waals surface area contributed by atoms with E-state index in [1.165, 1.54) is 11.3 Å². The number of ether oxygens (including phenoxy) is 1. The lowest BCUT2D eigenvalue weighted by molar-refractivity contribution is -0.144. The molecule has 8 heteroatoms. The molecule has 6 nitrogen and oxygen atoms in total. The third-order valence-corrected chi connectivity index (χ3v) is 5.12. The molecule has 4 rings (SSSR count). The van der Waals surface area contributed by atoms with Crippen molar-refractivity contribution in [1.29, 1.82) is 0 Å². The van der Waals surface area contributed by atoms with E-state index in [9.17, 15) is 4.79 Å². The number of thiazole rings is 1. The van der Waals surface area contributed by atoms with Crippen LogP contribution in [0.3, 0.4) is 0 Å². The number of carbonyl (C=O) groups is 1. The fourth-order valence-corrected chi connectivity index (χ4v) is 3.72. The van der Waals surface area contributed by atoms with Gasteiger partial charge < -0.3 is 9.26 Å². The maximum Gasteiger partial charge on any atom is 0.312 e. The summed E-state index contributed by atoms with van der Waals surface area (Å²) in [6.07, 6.45) is 0.110. The highest BCUT2D eigenvalue weighted by Crippen LogP contribution is 2.23. The number of thiophene rings is 1. The first-order valence-electron chi connectivity index (χ1n) is 7.78. The summed E-state index contributed by atoms with van der Waals surface area (Å²) < 4.78 is 10.4. The van der Waals surface area contributed by atoms with Crippen molar-refractivity contribution in [2.24, 2.45) is 0 Å². The van der Waals surface area contributed by atoms with Crippen molar-refractivity contribution >= 4 is 28.6 Å². The largest absolute Gasteiger partial charge is 0.457 e. The number of benzene rings is 1. The van der Waals surface area contributed by atoms with Crippen molar-refractivity contribution < 1.29 is 14.1 Å². The van der Waals surface area contributed by atoms with Crippen LogP contribution in [-0.4, -0.2) is 21.1 Å². The maximum absolute atomic E-state index is 12.0. The predicted octanol–water partition coefficient (Wildman–Crippen LogP) is 4.21.